The number of carboxylic acid groups (broad SMARTS) is 1. The number of carboxylic acids is 1. The highest BCUT2D eigenvalue weighted by Gasteiger charge is 2.21. The van der Waals surface area contributed by atoms with Crippen LogP contribution in [0.5, 0.6) is 0 Å². The zero-order valence-corrected chi connectivity index (χ0v) is 14.0. The summed E-state index contributed by atoms with van der Waals surface area (Å²) in [6.45, 7) is 0.145. The van der Waals surface area contributed by atoms with Gasteiger partial charge in [0.15, 0.2) is 17.5 Å². The number of nitrogens with one attached hydrogen (secondary N) is 2. The average Bonchev–Trinajstić information content (AvgIpc) is 2.64. The van der Waals surface area contributed by atoms with Crippen LogP contribution in [0.1, 0.15) is 22.0 Å². The van der Waals surface area contributed by atoms with Crippen molar-refractivity contribution in [3.63, 3.8) is 0 Å². The van der Waals surface area contributed by atoms with Crippen molar-refractivity contribution in [2.75, 3.05) is 18.9 Å². The van der Waals surface area contributed by atoms with Crippen LogP contribution in [-0.2, 0) is 0 Å². The van der Waals surface area contributed by atoms with Gasteiger partial charge in [-0.2, -0.15) is 0 Å². The molecule has 0 aliphatic carbocycles. The summed E-state index contributed by atoms with van der Waals surface area (Å²) in [5.74, 6) is -4.47. The van der Waals surface area contributed by atoms with Crippen molar-refractivity contribution in [1.29, 1.82) is 0 Å². The molecule has 10 heteroatoms. The Labute approximate surface area is 151 Å². The molecule has 0 bridgehead atoms. The summed E-state index contributed by atoms with van der Waals surface area (Å²) in [4.78, 5) is 23.4. The number of hydrogen-bond donors (Lipinski definition) is 3. The first-order valence-corrected chi connectivity index (χ1v) is 7.81. The van der Waals surface area contributed by atoms with Gasteiger partial charge < -0.3 is 15.7 Å². The van der Waals surface area contributed by atoms with E-state index in [0.717, 1.165) is 12.4 Å². The maximum absolute atomic E-state index is 14.2. The van der Waals surface area contributed by atoms with Crippen LogP contribution < -0.4 is 10.6 Å². The number of hydrogen-bond acceptors (Lipinski definition) is 6. The zero-order chi connectivity index (χ0) is 19.6. The quantitative estimate of drug-likeness (QED) is 0.568. The smallest absolute Gasteiger partial charge is 0.338 e. The largest absolute Gasteiger partial charge is 0.478 e. The van der Waals surface area contributed by atoms with Crippen LogP contribution in [0.15, 0.2) is 30.7 Å². The molecule has 0 unspecified atom stereocenters. The normalized spacial score (nSPS) is 12.1. The van der Waals surface area contributed by atoms with E-state index in [1.54, 1.807) is 7.05 Å². The average molecular weight is 377 g/mol. The first kappa shape index (κ1) is 18.5. The Morgan fingerprint density at radius 2 is 1.85 bits per heavy atom. The molecule has 2 aromatic heterocycles. The molecule has 0 aliphatic heterocycles. The van der Waals surface area contributed by atoms with Crippen molar-refractivity contribution in [2.45, 2.75) is 6.04 Å². The van der Waals surface area contributed by atoms with E-state index in [9.17, 15) is 23.1 Å². The van der Waals surface area contributed by atoms with Gasteiger partial charge in [-0.3, -0.25) is 4.98 Å². The molecule has 0 fully saturated rings. The van der Waals surface area contributed by atoms with Crippen molar-refractivity contribution in [1.82, 2.24) is 20.3 Å². The Bertz CT molecular complexity index is 1020. The monoisotopic (exact) mass is 377 g/mol. The van der Waals surface area contributed by atoms with Crippen LogP contribution in [-0.4, -0.2) is 39.6 Å². The SMILES string of the molecule is CNC[C@@H](Nc1ncnc2c(C(=O)O)ccnc12)c1cc(F)c(F)cc1F. The second-order valence-electron chi connectivity index (χ2n) is 5.63. The van der Waals surface area contributed by atoms with Crippen LogP contribution in [0.25, 0.3) is 11.0 Å². The summed E-state index contributed by atoms with van der Waals surface area (Å²) in [7, 11) is 1.60. The lowest BCUT2D eigenvalue weighted by Gasteiger charge is -2.21. The number of benzene rings is 1. The van der Waals surface area contributed by atoms with E-state index in [2.05, 4.69) is 25.6 Å². The van der Waals surface area contributed by atoms with E-state index in [1.165, 1.54) is 12.3 Å². The second kappa shape index (κ2) is 7.54. The molecule has 0 amide bonds. The summed E-state index contributed by atoms with van der Waals surface area (Å²) < 4.78 is 41.0. The van der Waals surface area contributed by atoms with Gasteiger partial charge in [-0.25, -0.2) is 27.9 Å². The third kappa shape index (κ3) is 3.65. The summed E-state index contributed by atoms with van der Waals surface area (Å²) in [6.07, 6.45) is 2.42. The van der Waals surface area contributed by atoms with Crippen LogP contribution in [0, 0.1) is 17.5 Å². The lowest BCUT2D eigenvalue weighted by atomic mass is 10.1. The van der Waals surface area contributed by atoms with Gasteiger partial charge in [-0.1, -0.05) is 0 Å². The van der Waals surface area contributed by atoms with Crippen LogP contribution >= 0.6 is 0 Å². The van der Waals surface area contributed by atoms with Gasteiger partial charge in [0.05, 0.1) is 11.6 Å². The van der Waals surface area contributed by atoms with Crippen molar-refractivity contribution in [3.8, 4) is 0 Å². The van der Waals surface area contributed by atoms with Gasteiger partial charge in [-0.05, 0) is 19.2 Å². The van der Waals surface area contributed by atoms with Crippen LogP contribution in [0.4, 0.5) is 19.0 Å². The van der Waals surface area contributed by atoms with E-state index in [4.69, 9.17) is 0 Å². The third-order valence-corrected chi connectivity index (χ3v) is 3.89. The third-order valence-electron chi connectivity index (χ3n) is 3.89. The topological polar surface area (TPSA) is 100 Å². The molecule has 0 saturated carbocycles. The Hall–Kier alpha value is -3.27. The maximum atomic E-state index is 14.2. The fourth-order valence-corrected chi connectivity index (χ4v) is 2.65. The van der Waals surface area contributed by atoms with E-state index in [0.29, 0.717) is 6.07 Å². The van der Waals surface area contributed by atoms with Crippen molar-refractivity contribution in [3.05, 3.63) is 59.3 Å². The summed E-state index contributed by atoms with van der Waals surface area (Å²) in [6, 6.07) is 1.69. The molecule has 1 aromatic carbocycles. The standard InChI is InChI=1S/C17H14F3N5O2/c1-21-6-13(9-4-11(19)12(20)5-10(9)18)25-16-15-14(23-7-24-16)8(17(26)27)2-3-22-15/h2-5,7,13,21H,6H2,1H3,(H,26,27)(H,23,24,25)/t13-/m1/s1. The molecule has 3 aromatic rings. The molecule has 7 nitrogen and oxygen atoms in total. The Kier molecular flexibility index (Phi) is 5.17. The number of aromatic nitrogens is 3. The first-order valence-electron chi connectivity index (χ1n) is 7.81. The molecular weight excluding hydrogens is 363 g/mol. The number of nitrogens with zero attached hydrogens (tertiary/aromatic N) is 3. The minimum Gasteiger partial charge on any atom is -0.478 e. The summed E-state index contributed by atoms with van der Waals surface area (Å²) >= 11 is 0. The number of anilines is 1. The number of halogens is 3. The predicted molar refractivity (Wildman–Crippen MR) is 90.9 cm³/mol. The van der Waals surface area contributed by atoms with Gasteiger partial charge in [0.25, 0.3) is 0 Å². The van der Waals surface area contributed by atoms with E-state index in [1.807, 2.05) is 0 Å². The highest BCUT2D eigenvalue weighted by atomic mass is 19.2. The van der Waals surface area contributed by atoms with Crippen molar-refractivity contribution < 1.29 is 23.1 Å². The highest BCUT2D eigenvalue weighted by molar-refractivity contribution is 6.02. The van der Waals surface area contributed by atoms with Crippen molar-refractivity contribution >= 4 is 22.8 Å². The van der Waals surface area contributed by atoms with Gasteiger partial charge >= 0.3 is 5.97 Å². The molecule has 1 atom stereocenters. The van der Waals surface area contributed by atoms with Crippen LogP contribution in [0.2, 0.25) is 0 Å². The molecule has 0 aliphatic rings. The lowest BCUT2D eigenvalue weighted by molar-refractivity contribution is 0.0698. The lowest BCUT2D eigenvalue weighted by Crippen LogP contribution is -2.25. The molecule has 0 spiro atoms. The van der Waals surface area contributed by atoms with E-state index in [-0.39, 0.29) is 34.5 Å². The fraction of sp³-hybridized carbons (Fsp3) is 0.176. The van der Waals surface area contributed by atoms with Gasteiger partial charge in [-0.15, -0.1) is 0 Å². The molecule has 0 saturated heterocycles. The van der Waals surface area contributed by atoms with Crippen molar-refractivity contribution in [2.24, 2.45) is 0 Å². The first-order chi connectivity index (χ1) is 12.9. The maximum Gasteiger partial charge on any atom is 0.338 e. The minimum atomic E-state index is -1.29. The molecule has 3 N–H and O–H groups in total. The number of rotatable bonds is 6. The molecular formula is C17H14F3N5O2. The number of aromatic carboxylic acids is 1. The fourth-order valence-electron chi connectivity index (χ4n) is 2.65. The summed E-state index contributed by atoms with van der Waals surface area (Å²) in [5.41, 5.74) is 0.0528. The molecule has 3 rings (SSSR count). The Balaban J connectivity index is 2.07. The Morgan fingerprint density at radius 1 is 1.11 bits per heavy atom. The number of pyridine rings is 1. The Morgan fingerprint density at radius 3 is 2.56 bits per heavy atom. The second-order valence-corrected chi connectivity index (χ2v) is 5.63. The van der Waals surface area contributed by atoms with E-state index >= 15 is 0 Å². The molecule has 27 heavy (non-hydrogen) atoms. The predicted octanol–water partition coefficient (Wildman–Crippen LogP) is 2.51. The molecule has 0 radical (unpaired) electrons. The van der Waals surface area contributed by atoms with Gasteiger partial charge in [0, 0.05) is 24.4 Å². The summed E-state index contributed by atoms with van der Waals surface area (Å²) in [5, 5.41) is 15.0. The van der Waals surface area contributed by atoms with Gasteiger partial charge in [0.1, 0.15) is 23.2 Å². The van der Waals surface area contributed by atoms with E-state index < -0.39 is 29.5 Å². The number of likely N-dealkylation sites (N-methyl/N-ethyl adjacent to an activating group) is 1. The zero-order valence-electron chi connectivity index (χ0n) is 14.0. The number of carbonyl (C=O) groups is 1. The minimum absolute atomic E-state index is 0.0744. The molecule has 2 heterocycles. The highest BCUT2D eigenvalue weighted by Crippen LogP contribution is 2.26. The number of fused-ring (bicyclic) bond motifs is 1. The molecule has 140 valence electrons. The van der Waals surface area contributed by atoms with Gasteiger partial charge in [0.2, 0.25) is 0 Å². The van der Waals surface area contributed by atoms with Crippen LogP contribution in [0.3, 0.4) is 0 Å².